The summed E-state index contributed by atoms with van der Waals surface area (Å²) in [5, 5.41) is 15.7. The Kier molecular flexibility index (Phi) is 6.86. The summed E-state index contributed by atoms with van der Waals surface area (Å²) in [5.74, 6) is -0.869. The average molecular weight is 478 g/mol. The molecular weight excluding hydrogens is 454 g/mol. The number of benzene rings is 3. The van der Waals surface area contributed by atoms with Gasteiger partial charge < -0.3 is 25.4 Å². The van der Waals surface area contributed by atoms with Gasteiger partial charge in [-0.25, -0.2) is 4.79 Å². The van der Waals surface area contributed by atoms with Crippen molar-refractivity contribution in [3.63, 3.8) is 0 Å². The zero-order chi connectivity index (χ0) is 24.2. The van der Waals surface area contributed by atoms with Crippen LogP contribution in [0.15, 0.2) is 66.7 Å². The van der Waals surface area contributed by atoms with Crippen LogP contribution in [0.4, 0.5) is 11.4 Å². The van der Waals surface area contributed by atoms with E-state index in [9.17, 15) is 9.59 Å². The minimum atomic E-state index is -1.05. The number of carboxylic acids is 1. The molecule has 3 aromatic carbocycles. The van der Waals surface area contributed by atoms with Gasteiger partial charge in [0.1, 0.15) is 5.75 Å². The third-order valence-electron chi connectivity index (χ3n) is 5.20. The first kappa shape index (κ1) is 23.4. The average Bonchev–Trinajstić information content (AvgIpc) is 3.11. The van der Waals surface area contributed by atoms with Crippen LogP contribution in [-0.4, -0.2) is 42.6 Å². The molecule has 0 aromatic heterocycles. The summed E-state index contributed by atoms with van der Waals surface area (Å²) in [5.41, 5.74) is 5.23. The van der Waals surface area contributed by atoms with Gasteiger partial charge in [-0.3, -0.25) is 4.79 Å². The van der Waals surface area contributed by atoms with Crippen LogP contribution < -0.4 is 15.4 Å². The summed E-state index contributed by atoms with van der Waals surface area (Å²) in [7, 11) is 4.03. The number of anilines is 2. The molecule has 0 unspecified atom stereocenters. The number of rotatable bonds is 8. The topological polar surface area (TPSA) is 90.9 Å². The van der Waals surface area contributed by atoms with E-state index in [1.54, 1.807) is 36.4 Å². The number of nitrogens with one attached hydrogen (secondary N) is 2. The number of carbonyl (C=O) groups is 2. The molecule has 0 saturated carbocycles. The minimum Gasteiger partial charge on any atom is -0.482 e. The van der Waals surface area contributed by atoms with Crippen LogP contribution in [0.3, 0.4) is 0 Å². The van der Waals surface area contributed by atoms with E-state index in [1.807, 2.05) is 44.4 Å². The second-order valence-corrected chi connectivity index (χ2v) is 8.60. The fourth-order valence-electron chi connectivity index (χ4n) is 3.74. The smallest absolute Gasteiger partial charge is 0.341 e. The number of carboxylic acid groups (broad SMARTS) is 1. The van der Waals surface area contributed by atoms with Crippen molar-refractivity contribution in [2.24, 2.45) is 0 Å². The number of hydrogen-bond donors (Lipinski definition) is 3. The number of nitrogens with zero attached hydrogens (tertiary/aromatic N) is 1. The zero-order valence-corrected chi connectivity index (χ0v) is 19.5. The van der Waals surface area contributed by atoms with Crippen LogP contribution >= 0.6 is 11.6 Å². The molecule has 1 aliphatic heterocycles. The van der Waals surface area contributed by atoms with Crippen LogP contribution in [0.25, 0.3) is 11.3 Å². The van der Waals surface area contributed by atoms with Gasteiger partial charge in [-0.05, 0) is 73.8 Å². The molecule has 174 valence electrons. The third kappa shape index (κ3) is 5.39. The lowest BCUT2D eigenvalue weighted by Crippen LogP contribution is -2.11. The van der Waals surface area contributed by atoms with E-state index >= 15 is 0 Å². The quantitative estimate of drug-likeness (QED) is 0.404. The maximum atomic E-state index is 13.0. The van der Waals surface area contributed by atoms with Gasteiger partial charge in [0.2, 0.25) is 0 Å². The molecule has 3 aromatic rings. The van der Waals surface area contributed by atoms with Gasteiger partial charge in [0.25, 0.3) is 5.91 Å². The molecule has 0 bridgehead atoms. The largest absolute Gasteiger partial charge is 0.482 e. The normalized spacial score (nSPS) is 13.9. The maximum absolute atomic E-state index is 13.0. The van der Waals surface area contributed by atoms with E-state index in [1.165, 1.54) is 5.56 Å². The number of carbonyl (C=O) groups excluding carboxylic acids is 1. The van der Waals surface area contributed by atoms with Crippen LogP contribution in [0, 0.1) is 0 Å². The molecule has 0 fully saturated rings. The minimum absolute atomic E-state index is 0.241. The molecule has 0 radical (unpaired) electrons. The Labute approximate surface area is 202 Å². The van der Waals surface area contributed by atoms with Crippen molar-refractivity contribution in [3.8, 4) is 5.75 Å². The molecular formula is C26H24ClN3O4. The Morgan fingerprint density at radius 1 is 1.06 bits per heavy atom. The highest BCUT2D eigenvalue weighted by atomic mass is 35.5. The summed E-state index contributed by atoms with van der Waals surface area (Å²) in [4.78, 5) is 25.9. The van der Waals surface area contributed by atoms with E-state index in [0.717, 1.165) is 23.4 Å². The highest BCUT2D eigenvalue weighted by Crippen LogP contribution is 2.39. The summed E-state index contributed by atoms with van der Waals surface area (Å²) >= 11 is 6.12. The van der Waals surface area contributed by atoms with E-state index in [4.69, 9.17) is 21.4 Å². The van der Waals surface area contributed by atoms with Crippen molar-refractivity contribution in [2.45, 2.75) is 6.54 Å². The Morgan fingerprint density at radius 3 is 2.41 bits per heavy atom. The molecule has 4 rings (SSSR count). The van der Waals surface area contributed by atoms with Crippen molar-refractivity contribution in [3.05, 3.63) is 88.4 Å². The van der Waals surface area contributed by atoms with E-state index in [2.05, 4.69) is 15.5 Å². The van der Waals surface area contributed by atoms with Crippen LogP contribution in [0.5, 0.6) is 5.75 Å². The summed E-state index contributed by atoms with van der Waals surface area (Å²) in [6.07, 6.45) is 0. The van der Waals surface area contributed by atoms with Crippen LogP contribution in [0.2, 0.25) is 5.02 Å². The lowest BCUT2D eigenvalue weighted by atomic mass is 10.00. The lowest BCUT2D eigenvalue weighted by molar-refractivity contribution is -0.139. The molecule has 8 heteroatoms. The van der Waals surface area contributed by atoms with Crippen molar-refractivity contribution in [1.82, 2.24) is 4.90 Å². The maximum Gasteiger partial charge on any atom is 0.341 e. The SMILES string of the molecule is CN(C)Cc1ccc(N/C(=C2\C(=O)Nc3cc(Cl)ccc32)c2ccc(OCC(=O)O)cc2)cc1. The fraction of sp³-hybridized carbons (Fsp3) is 0.154. The standard InChI is InChI=1S/C26H24ClN3O4/c1-30(2)14-16-3-8-19(9-4-16)28-25(17-5-10-20(11-6-17)34-15-23(31)32)24-21-12-7-18(27)13-22(21)29-26(24)33/h3-13,28H,14-15H2,1-2H3,(H,29,33)(H,31,32)/b25-24-. The molecule has 3 N–H and O–H groups in total. The summed E-state index contributed by atoms with van der Waals surface area (Å²) < 4.78 is 5.25. The van der Waals surface area contributed by atoms with E-state index in [0.29, 0.717) is 27.7 Å². The molecule has 0 spiro atoms. The van der Waals surface area contributed by atoms with Crippen LogP contribution in [-0.2, 0) is 16.1 Å². The Balaban J connectivity index is 1.74. The monoisotopic (exact) mass is 477 g/mol. The fourth-order valence-corrected chi connectivity index (χ4v) is 3.91. The highest BCUT2D eigenvalue weighted by Gasteiger charge is 2.28. The molecule has 1 heterocycles. The third-order valence-corrected chi connectivity index (χ3v) is 5.44. The summed E-state index contributed by atoms with van der Waals surface area (Å²) in [6, 6.07) is 20.2. The first-order valence-electron chi connectivity index (χ1n) is 10.6. The molecule has 7 nitrogen and oxygen atoms in total. The number of hydrogen-bond acceptors (Lipinski definition) is 5. The Morgan fingerprint density at radius 2 is 1.76 bits per heavy atom. The number of amides is 1. The van der Waals surface area contributed by atoms with Crippen molar-refractivity contribution >= 4 is 46.1 Å². The number of fused-ring (bicyclic) bond motifs is 1. The molecule has 0 aliphatic carbocycles. The number of aliphatic carboxylic acids is 1. The predicted molar refractivity (Wildman–Crippen MR) is 134 cm³/mol. The Hall–Kier alpha value is -3.81. The van der Waals surface area contributed by atoms with E-state index in [-0.39, 0.29) is 5.91 Å². The van der Waals surface area contributed by atoms with Crippen LogP contribution in [0.1, 0.15) is 16.7 Å². The first-order valence-corrected chi connectivity index (χ1v) is 11.0. The van der Waals surface area contributed by atoms with Crippen molar-refractivity contribution < 1.29 is 19.4 Å². The van der Waals surface area contributed by atoms with Crippen molar-refractivity contribution in [2.75, 3.05) is 31.3 Å². The highest BCUT2D eigenvalue weighted by molar-refractivity contribution is 6.38. The van der Waals surface area contributed by atoms with Gasteiger partial charge in [-0.2, -0.15) is 0 Å². The summed E-state index contributed by atoms with van der Waals surface area (Å²) in [6.45, 7) is 0.393. The number of ether oxygens (including phenoxy) is 1. The molecule has 34 heavy (non-hydrogen) atoms. The van der Waals surface area contributed by atoms with E-state index < -0.39 is 12.6 Å². The van der Waals surface area contributed by atoms with Gasteiger partial charge >= 0.3 is 5.97 Å². The number of halogens is 1. The lowest BCUT2D eigenvalue weighted by Gasteiger charge is -2.16. The second-order valence-electron chi connectivity index (χ2n) is 8.16. The van der Waals surface area contributed by atoms with Gasteiger partial charge in [-0.1, -0.05) is 29.8 Å². The predicted octanol–water partition coefficient (Wildman–Crippen LogP) is 4.80. The van der Waals surface area contributed by atoms with Gasteiger partial charge in [-0.15, -0.1) is 0 Å². The van der Waals surface area contributed by atoms with Crippen molar-refractivity contribution in [1.29, 1.82) is 0 Å². The van der Waals surface area contributed by atoms with Gasteiger partial charge in [0.05, 0.1) is 17.0 Å². The zero-order valence-electron chi connectivity index (χ0n) is 18.8. The molecule has 0 saturated heterocycles. The second kappa shape index (κ2) is 9.99. The van der Waals surface area contributed by atoms with Gasteiger partial charge in [0, 0.05) is 22.8 Å². The molecule has 1 amide bonds. The Bertz CT molecular complexity index is 1250. The molecule has 0 atom stereocenters. The first-order chi connectivity index (χ1) is 16.3. The molecule has 1 aliphatic rings. The van der Waals surface area contributed by atoms with Gasteiger partial charge in [0.15, 0.2) is 6.61 Å².